The Hall–Kier alpha value is -1.02. The Bertz CT molecular complexity index is 356. The van der Waals surface area contributed by atoms with E-state index in [4.69, 9.17) is 17.3 Å². The molecule has 0 radical (unpaired) electrons. The molecule has 0 unspecified atom stereocenters. The third-order valence-electron chi connectivity index (χ3n) is 2.33. The lowest BCUT2D eigenvalue weighted by Crippen LogP contribution is -2.14. The number of halogens is 1. The van der Waals surface area contributed by atoms with Crippen LogP contribution in [0, 0.1) is 5.92 Å². The standard InChI is InChI=1S/C11H13ClN2/c12-10-3-1-2-8(6-10)7-14-11(13)9-4-5-9/h1-3,6,9H,4-5,7H2,(H2,13,14). The molecule has 1 aliphatic carbocycles. The van der Waals surface area contributed by atoms with Crippen LogP contribution >= 0.6 is 11.6 Å². The van der Waals surface area contributed by atoms with Gasteiger partial charge in [-0.05, 0) is 30.5 Å². The first kappa shape index (κ1) is 9.53. The molecule has 2 N–H and O–H groups in total. The van der Waals surface area contributed by atoms with E-state index in [0.717, 1.165) is 16.4 Å². The predicted molar refractivity (Wildman–Crippen MR) is 59.5 cm³/mol. The molecule has 0 aliphatic heterocycles. The quantitative estimate of drug-likeness (QED) is 0.602. The van der Waals surface area contributed by atoms with Gasteiger partial charge in [0, 0.05) is 10.9 Å². The maximum atomic E-state index is 5.86. The number of benzene rings is 1. The van der Waals surface area contributed by atoms with Crippen molar-refractivity contribution in [3.63, 3.8) is 0 Å². The van der Waals surface area contributed by atoms with Gasteiger partial charge in [0.05, 0.1) is 12.4 Å². The van der Waals surface area contributed by atoms with Crippen LogP contribution in [-0.4, -0.2) is 5.84 Å². The Kier molecular flexibility index (Phi) is 2.73. The van der Waals surface area contributed by atoms with E-state index in [1.165, 1.54) is 12.8 Å². The van der Waals surface area contributed by atoms with Gasteiger partial charge in [-0.3, -0.25) is 4.99 Å². The van der Waals surface area contributed by atoms with E-state index in [1.54, 1.807) is 0 Å². The third-order valence-corrected chi connectivity index (χ3v) is 2.56. The van der Waals surface area contributed by atoms with Crippen molar-refractivity contribution in [1.82, 2.24) is 0 Å². The SMILES string of the molecule is NC(=NCc1cccc(Cl)c1)C1CC1. The van der Waals surface area contributed by atoms with E-state index in [0.29, 0.717) is 12.5 Å². The summed E-state index contributed by atoms with van der Waals surface area (Å²) in [5.74, 6) is 1.35. The molecule has 0 amide bonds. The van der Waals surface area contributed by atoms with Crippen molar-refractivity contribution in [2.45, 2.75) is 19.4 Å². The minimum absolute atomic E-state index is 0.550. The molecule has 14 heavy (non-hydrogen) atoms. The maximum absolute atomic E-state index is 5.86. The number of hydrogen-bond donors (Lipinski definition) is 1. The second-order valence-corrected chi connectivity index (χ2v) is 4.08. The van der Waals surface area contributed by atoms with Crippen LogP contribution in [0.3, 0.4) is 0 Å². The summed E-state index contributed by atoms with van der Waals surface area (Å²) in [5.41, 5.74) is 6.89. The lowest BCUT2D eigenvalue weighted by atomic mass is 10.2. The molecule has 1 saturated carbocycles. The zero-order valence-electron chi connectivity index (χ0n) is 7.91. The molecule has 0 atom stereocenters. The van der Waals surface area contributed by atoms with Crippen LogP contribution in [0.1, 0.15) is 18.4 Å². The van der Waals surface area contributed by atoms with Gasteiger partial charge in [-0.2, -0.15) is 0 Å². The van der Waals surface area contributed by atoms with E-state index in [9.17, 15) is 0 Å². The average molecular weight is 209 g/mol. The summed E-state index contributed by atoms with van der Waals surface area (Å²) in [6.45, 7) is 0.642. The first-order valence-corrected chi connectivity index (χ1v) is 5.18. The smallest absolute Gasteiger partial charge is 0.0972 e. The topological polar surface area (TPSA) is 38.4 Å². The fourth-order valence-electron chi connectivity index (χ4n) is 1.33. The molecule has 0 bridgehead atoms. The van der Waals surface area contributed by atoms with E-state index in [-0.39, 0.29) is 0 Å². The zero-order valence-corrected chi connectivity index (χ0v) is 8.67. The third kappa shape index (κ3) is 2.48. The molecule has 0 spiro atoms. The van der Waals surface area contributed by atoms with Gasteiger partial charge in [0.2, 0.25) is 0 Å². The van der Waals surface area contributed by atoms with Crippen LogP contribution in [0.25, 0.3) is 0 Å². The summed E-state index contributed by atoms with van der Waals surface area (Å²) < 4.78 is 0. The van der Waals surface area contributed by atoms with Crippen molar-refractivity contribution in [3.8, 4) is 0 Å². The van der Waals surface area contributed by atoms with E-state index < -0.39 is 0 Å². The van der Waals surface area contributed by atoms with Gasteiger partial charge >= 0.3 is 0 Å². The summed E-state index contributed by atoms with van der Waals surface area (Å²) in [7, 11) is 0. The van der Waals surface area contributed by atoms with Crippen molar-refractivity contribution < 1.29 is 0 Å². The van der Waals surface area contributed by atoms with Crippen molar-refractivity contribution in [3.05, 3.63) is 34.9 Å². The van der Waals surface area contributed by atoms with Gasteiger partial charge in [-0.25, -0.2) is 0 Å². The number of aliphatic imine (C=N–C) groups is 1. The fourth-order valence-corrected chi connectivity index (χ4v) is 1.54. The molecule has 2 rings (SSSR count). The number of hydrogen-bond acceptors (Lipinski definition) is 1. The highest BCUT2D eigenvalue weighted by molar-refractivity contribution is 6.30. The van der Waals surface area contributed by atoms with E-state index in [1.807, 2.05) is 24.3 Å². The normalized spacial score (nSPS) is 17.1. The van der Waals surface area contributed by atoms with Gasteiger partial charge in [0.25, 0.3) is 0 Å². The molecule has 1 fully saturated rings. The summed E-state index contributed by atoms with van der Waals surface area (Å²) in [5, 5.41) is 0.752. The van der Waals surface area contributed by atoms with Crippen LogP contribution in [0.2, 0.25) is 5.02 Å². The molecular weight excluding hydrogens is 196 g/mol. The minimum Gasteiger partial charge on any atom is -0.387 e. The number of nitrogens with zero attached hydrogens (tertiary/aromatic N) is 1. The van der Waals surface area contributed by atoms with E-state index in [2.05, 4.69) is 4.99 Å². The van der Waals surface area contributed by atoms with Crippen molar-refractivity contribution in [2.24, 2.45) is 16.6 Å². The van der Waals surface area contributed by atoms with Crippen molar-refractivity contribution in [1.29, 1.82) is 0 Å². The maximum Gasteiger partial charge on any atom is 0.0972 e. The Labute approximate surface area is 88.8 Å². The van der Waals surface area contributed by atoms with Crippen LogP contribution in [0.15, 0.2) is 29.3 Å². The van der Waals surface area contributed by atoms with Gasteiger partial charge in [0.1, 0.15) is 0 Å². The molecule has 1 aliphatic rings. The first-order chi connectivity index (χ1) is 6.75. The Morgan fingerprint density at radius 3 is 2.93 bits per heavy atom. The molecule has 0 heterocycles. The molecule has 0 saturated heterocycles. The zero-order chi connectivity index (χ0) is 9.97. The monoisotopic (exact) mass is 208 g/mol. The Morgan fingerprint density at radius 2 is 2.29 bits per heavy atom. The molecular formula is C11H13ClN2. The molecule has 74 valence electrons. The lowest BCUT2D eigenvalue weighted by molar-refractivity contribution is 1.02. The van der Waals surface area contributed by atoms with E-state index >= 15 is 0 Å². The molecule has 3 heteroatoms. The number of rotatable bonds is 3. The summed E-state index contributed by atoms with van der Waals surface area (Å²) in [6, 6.07) is 7.72. The second kappa shape index (κ2) is 4.01. The van der Waals surface area contributed by atoms with Crippen molar-refractivity contribution >= 4 is 17.4 Å². The van der Waals surface area contributed by atoms with Crippen LogP contribution in [0.5, 0.6) is 0 Å². The van der Waals surface area contributed by atoms with Gasteiger partial charge in [-0.1, -0.05) is 23.7 Å². The minimum atomic E-state index is 0.550. The average Bonchev–Trinajstić information content (AvgIpc) is 2.97. The Balaban J connectivity index is 2.00. The molecule has 1 aromatic rings. The van der Waals surface area contributed by atoms with Crippen LogP contribution < -0.4 is 5.73 Å². The summed E-state index contributed by atoms with van der Waals surface area (Å²) in [6.07, 6.45) is 2.40. The number of amidine groups is 1. The lowest BCUT2D eigenvalue weighted by Gasteiger charge is -1.99. The highest BCUT2D eigenvalue weighted by atomic mass is 35.5. The largest absolute Gasteiger partial charge is 0.387 e. The van der Waals surface area contributed by atoms with Gasteiger partial charge in [-0.15, -0.1) is 0 Å². The first-order valence-electron chi connectivity index (χ1n) is 4.80. The Morgan fingerprint density at radius 1 is 1.50 bits per heavy atom. The van der Waals surface area contributed by atoms with Crippen LogP contribution in [0.4, 0.5) is 0 Å². The highest BCUT2D eigenvalue weighted by Gasteiger charge is 2.25. The van der Waals surface area contributed by atoms with Gasteiger partial charge < -0.3 is 5.73 Å². The second-order valence-electron chi connectivity index (χ2n) is 3.65. The highest BCUT2D eigenvalue weighted by Crippen LogP contribution is 2.28. The van der Waals surface area contributed by atoms with Crippen molar-refractivity contribution in [2.75, 3.05) is 0 Å². The van der Waals surface area contributed by atoms with Crippen LogP contribution in [-0.2, 0) is 6.54 Å². The summed E-state index contributed by atoms with van der Waals surface area (Å²) in [4.78, 5) is 4.33. The number of nitrogens with two attached hydrogens (primary N) is 1. The fraction of sp³-hybridized carbons (Fsp3) is 0.364. The molecule has 1 aromatic carbocycles. The molecule has 0 aromatic heterocycles. The molecule has 2 nitrogen and oxygen atoms in total. The predicted octanol–water partition coefficient (Wildman–Crippen LogP) is 2.61. The van der Waals surface area contributed by atoms with Gasteiger partial charge in [0.15, 0.2) is 0 Å². The summed E-state index contributed by atoms with van der Waals surface area (Å²) >= 11 is 5.86.